The van der Waals surface area contributed by atoms with Crippen LogP contribution in [-0.4, -0.2) is 49.0 Å². The monoisotopic (exact) mass is 557 g/mol. The summed E-state index contributed by atoms with van der Waals surface area (Å²) in [6.07, 6.45) is 1.99. The summed E-state index contributed by atoms with van der Waals surface area (Å²) in [6.45, 7) is 2.78. The van der Waals surface area contributed by atoms with Gasteiger partial charge in [0.05, 0.1) is 39.0 Å². The molecule has 0 aliphatic carbocycles. The van der Waals surface area contributed by atoms with E-state index in [2.05, 4.69) is 34.1 Å². The lowest BCUT2D eigenvalue weighted by Gasteiger charge is -2.31. The van der Waals surface area contributed by atoms with E-state index < -0.39 is 5.97 Å². The highest BCUT2D eigenvalue weighted by molar-refractivity contribution is 5.94. The van der Waals surface area contributed by atoms with Gasteiger partial charge in [0.1, 0.15) is 11.6 Å². The molecule has 0 amide bonds. The molecule has 7 nitrogen and oxygen atoms in total. The van der Waals surface area contributed by atoms with Crippen molar-refractivity contribution in [1.82, 2.24) is 24.8 Å². The standard InChI is InChI=1S/C34H28FN5O2/c35-26-11-13-28-30(19-26)39-33(38-28)24-14-16-40(17-15-24)20-21-6-8-23(9-7-21)32-31(22-4-2-1-3-5-22)37-29-18-25(34(41)42)10-12-27(29)36-32/h1-13,18-19,24H,14-17,20H2,(H,38,39)(H,41,42). The predicted octanol–water partition coefficient (Wildman–Crippen LogP) is 7.06. The highest BCUT2D eigenvalue weighted by Crippen LogP contribution is 2.32. The van der Waals surface area contributed by atoms with Gasteiger partial charge in [0, 0.05) is 23.6 Å². The quantitative estimate of drug-likeness (QED) is 0.228. The van der Waals surface area contributed by atoms with Gasteiger partial charge in [-0.15, -0.1) is 0 Å². The molecule has 0 spiro atoms. The van der Waals surface area contributed by atoms with E-state index in [4.69, 9.17) is 15.0 Å². The van der Waals surface area contributed by atoms with Crippen LogP contribution in [0.25, 0.3) is 44.6 Å². The molecule has 3 heterocycles. The summed E-state index contributed by atoms with van der Waals surface area (Å²) < 4.78 is 13.6. The lowest BCUT2D eigenvalue weighted by atomic mass is 9.95. The summed E-state index contributed by atoms with van der Waals surface area (Å²) in [4.78, 5) is 31.8. The Kier molecular flexibility index (Phi) is 6.68. The Balaban J connectivity index is 1.09. The number of aromatic amines is 1. The largest absolute Gasteiger partial charge is 0.478 e. The van der Waals surface area contributed by atoms with E-state index in [0.717, 1.165) is 66.2 Å². The van der Waals surface area contributed by atoms with Crippen molar-refractivity contribution in [3.05, 3.63) is 114 Å². The van der Waals surface area contributed by atoms with E-state index in [-0.39, 0.29) is 11.4 Å². The molecular weight excluding hydrogens is 529 g/mol. The predicted molar refractivity (Wildman–Crippen MR) is 161 cm³/mol. The Morgan fingerprint density at radius 1 is 0.810 bits per heavy atom. The summed E-state index contributed by atoms with van der Waals surface area (Å²) in [5, 5.41) is 9.44. The number of imidazole rings is 1. The summed E-state index contributed by atoms with van der Waals surface area (Å²) in [5.41, 5.74) is 7.52. The number of aromatic nitrogens is 4. The van der Waals surface area contributed by atoms with E-state index in [9.17, 15) is 14.3 Å². The molecule has 1 aliphatic heterocycles. The fraction of sp³-hybridized carbons (Fsp3) is 0.176. The maximum absolute atomic E-state index is 13.6. The van der Waals surface area contributed by atoms with Crippen molar-refractivity contribution in [3.63, 3.8) is 0 Å². The molecule has 0 atom stereocenters. The van der Waals surface area contributed by atoms with Crippen LogP contribution in [0.5, 0.6) is 0 Å². The van der Waals surface area contributed by atoms with Gasteiger partial charge < -0.3 is 10.1 Å². The van der Waals surface area contributed by atoms with Crippen molar-refractivity contribution in [1.29, 1.82) is 0 Å². The number of piperidine rings is 1. The number of H-pyrrole nitrogens is 1. The van der Waals surface area contributed by atoms with Crippen molar-refractivity contribution in [2.24, 2.45) is 0 Å². The summed E-state index contributed by atoms with van der Waals surface area (Å²) in [5.74, 6) is 0.0462. The summed E-state index contributed by atoms with van der Waals surface area (Å²) in [6, 6.07) is 27.8. The Morgan fingerprint density at radius 3 is 2.24 bits per heavy atom. The molecule has 42 heavy (non-hydrogen) atoms. The lowest BCUT2D eigenvalue weighted by Crippen LogP contribution is -2.32. The molecule has 7 rings (SSSR count). The van der Waals surface area contributed by atoms with Crippen molar-refractivity contribution < 1.29 is 14.3 Å². The number of likely N-dealkylation sites (tertiary alicyclic amines) is 1. The number of aromatic carboxylic acids is 1. The third-order valence-electron chi connectivity index (χ3n) is 8.03. The molecule has 2 N–H and O–H groups in total. The van der Waals surface area contributed by atoms with Crippen LogP contribution < -0.4 is 0 Å². The molecule has 4 aromatic carbocycles. The van der Waals surface area contributed by atoms with Gasteiger partial charge in [0.25, 0.3) is 0 Å². The van der Waals surface area contributed by atoms with Gasteiger partial charge in [-0.2, -0.15) is 0 Å². The number of hydrogen-bond donors (Lipinski definition) is 2. The number of benzene rings is 4. The Bertz CT molecular complexity index is 1910. The summed E-state index contributed by atoms with van der Waals surface area (Å²) >= 11 is 0. The van der Waals surface area contributed by atoms with Crippen LogP contribution in [-0.2, 0) is 6.54 Å². The van der Waals surface area contributed by atoms with E-state index in [1.807, 2.05) is 30.3 Å². The van der Waals surface area contributed by atoms with Crippen LogP contribution in [0.15, 0.2) is 91.0 Å². The van der Waals surface area contributed by atoms with Gasteiger partial charge in [0.2, 0.25) is 0 Å². The fourth-order valence-corrected chi connectivity index (χ4v) is 5.77. The van der Waals surface area contributed by atoms with Gasteiger partial charge >= 0.3 is 5.97 Å². The van der Waals surface area contributed by atoms with Crippen molar-refractivity contribution in [2.45, 2.75) is 25.3 Å². The SMILES string of the molecule is O=C(O)c1ccc2nc(-c3ccc(CN4CCC(c5nc6ccc(F)cc6[nH]5)CC4)cc3)c(-c3ccccc3)nc2c1. The normalized spacial score (nSPS) is 14.5. The van der Waals surface area contributed by atoms with Crippen molar-refractivity contribution in [3.8, 4) is 22.5 Å². The maximum atomic E-state index is 13.6. The number of hydrogen-bond acceptors (Lipinski definition) is 5. The molecule has 0 bridgehead atoms. The first-order chi connectivity index (χ1) is 20.5. The first-order valence-electron chi connectivity index (χ1n) is 14.1. The number of halogens is 1. The zero-order chi connectivity index (χ0) is 28.6. The van der Waals surface area contributed by atoms with Crippen LogP contribution in [0.2, 0.25) is 0 Å². The van der Waals surface area contributed by atoms with E-state index in [1.54, 1.807) is 24.3 Å². The van der Waals surface area contributed by atoms with E-state index in [0.29, 0.717) is 22.6 Å². The van der Waals surface area contributed by atoms with Gasteiger partial charge in [0.15, 0.2) is 0 Å². The second-order valence-electron chi connectivity index (χ2n) is 10.8. The first kappa shape index (κ1) is 26.0. The number of carboxylic acids is 1. The van der Waals surface area contributed by atoms with E-state index >= 15 is 0 Å². The molecule has 1 saturated heterocycles. The number of carboxylic acid groups (broad SMARTS) is 1. The number of fused-ring (bicyclic) bond motifs is 2. The zero-order valence-electron chi connectivity index (χ0n) is 22.8. The van der Waals surface area contributed by atoms with Gasteiger partial charge in [-0.05, 0) is 67.9 Å². The topological polar surface area (TPSA) is 95.0 Å². The Labute approximate surface area is 241 Å². The minimum Gasteiger partial charge on any atom is -0.478 e. The molecule has 1 aliphatic rings. The van der Waals surface area contributed by atoms with Crippen LogP contribution in [0.1, 0.15) is 40.5 Å². The second-order valence-corrected chi connectivity index (χ2v) is 10.8. The Hall–Kier alpha value is -4.95. The van der Waals surface area contributed by atoms with Crippen molar-refractivity contribution >= 4 is 28.0 Å². The molecule has 1 fully saturated rings. The average molecular weight is 558 g/mol. The maximum Gasteiger partial charge on any atom is 0.335 e. The average Bonchev–Trinajstić information content (AvgIpc) is 3.44. The Morgan fingerprint density at radius 2 is 1.50 bits per heavy atom. The minimum absolute atomic E-state index is 0.185. The zero-order valence-corrected chi connectivity index (χ0v) is 22.8. The van der Waals surface area contributed by atoms with Crippen LogP contribution in [0.4, 0.5) is 4.39 Å². The van der Waals surface area contributed by atoms with E-state index in [1.165, 1.54) is 17.7 Å². The van der Waals surface area contributed by atoms with Gasteiger partial charge in [-0.25, -0.2) is 24.1 Å². The lowest BCUT2D eigenvalue weighted by molar-refractivity contribution is 0.0697. The third kappa shape index (κ3) is 5.12. The third-order valence-corrected chi connectivity index (χ3v) is 8.03. The van der Waals surface area contributed by atoms with Crippen LogP contribution in [0.3, 0.4) is 0 Å². The van der Waals surface area contributed by atoms with Gasteiger partial charge in [-0.1, -0.05) is 54.6 Å². The number of carbonyl (C=O) groups is 1. The molecule has 0 saturated carbocycles. The van der Waals surface area contributed by atoms with Crippen LogP contribution in [0, 0.1) is 5.82 Å². The summed E-state index contributed by atoms with van der Waals surface area (Å²) in [7, 11) is 0. The number of nitrogens with one attached hydrogen (secondary N) is 1. The number of rotatable bonds is 6. The molecule has 8 heteroatoms. The van der Waals surface area contributed by atoms with Crippen molar-refractivity contribution in [2.75, 3.05) is 13.1 Å². The molecule has 208 valence electrons. The fourth-order valence-electron chi connectivity index (χ4n) is 5.77. The molecule has 0 radical (unpaired) electrons. The second kappa shape index (κ2) is 10.8. The molecule has 2 aromatic heterocycles. The highest BCUT2D eigenvalue weighted by atomic mass is 19.1. The molecule has 0 unspecified atom stereocenters. The van der Waals surface area contributed by atoms with Crippen LogP contribution >= 0.6 is 0 Å². The minimum atomic E-state index is -0.991. The smallest absolute Gasteiger partial charge is 0.335 e. The first-order valence-corrected chi connectivity index (χ1v) is 14.1. The molecular formula is C34H28FN5O2. The highest BCUT2D eigenvalue weighted by Gasteiger charge is 2.23. The van der Waals surface area contributed by atoms with Gasteiger partial charge in [-0.3, -0.25) is 4.90 Å². The number of nitrogens with zero attached hydrogens (tertiary/aromatic N) is 4. The molecule has 6 aromatic rings.